The Morgan fingerprint density at radius 2 is 1.33 bits per heavy atom. The van der Waals surface area contributed by atoms with E-state index >= 15 is 0 Å². The molecular formula is C12H8F4I2. The first-order chi connectivity index (χ1) is 8.43. The molecule has 2 bridgehead atoms. The van der Waals surface area contributed by atoms with Crippen molar-refractivity contribution in [2.75, 3.05) is 0 Å². The molecule has 1 aromatic carbocycles. The van der Waals surface area contributed by atoms with Crippen molar-refractivity contribution >= 4 is 45.2 Å². The lowest BCUT2D eigenvalue weighted by molar-refractivity contribution is 0.379. The van der Waals surface area contributed by atoms with Gasteiger partial charge in [-0.25, -0.2) is 17.6 Å². The number of rotatable bonds is 0. The summed E-state index contributed by atoms with van der Waals surface area (Å²) in [5.74, 6) is -5.73. The molecule has 3 rings (SSSR count). The Morgan fingerprint density at radius 3 is 1.94 bits per heavy atom. The summed E-state index contributed by atoms with van der Waals surface area (Å²) in [7, 11) is 0. The van der Waals surface area contributed by atoms with Crippen LogP contribution in [0.2, 0.25) is 0 Å². The maximum Gasteiger partial charge on any atom is 0.197 e. The predicted molar refractivity (Wildman–Crippen MR) is 76.3 cm³/mol. The van der Waals surface area contributed by atoms with Gasteiger partial charge in [-0.2, -0.15) is 0 Å². The highest BCUT2D eigenvalue weighted by molar-refractivity contribution is 14.1. The zero-order valence-corrected chi connectivity index (χ0v) is 13.3. The largest absolute Gasteiger partial charge is 0.203 e. The number of hydrogen-bond donors (Lipinski definition) is 0. The fourth-order valence-electron chi connectivity index (χ4n) is 3.09. The van der Waals surface area contributed by atoms with Gasteiger partial charge in [-0.05, 0) is 24.7 Å². The summed E-state index contributed by atoms with van der Waals surface area (Å²) in [6, 6.07) is 0. The Bertz CT molecular complexity index is 532. The van der Waals surface area contributed by atoms with Gasteiger partial charge >= 0.3 is 0 Å². The van der Waals surface area contributed by atoms with Crippen LogP contribution in [0.1, 0.15) is 33.8 Å². The minimum absolute atomic E-state index is 0.0485. The molecule has 0 spiro atoms. The van der Waals surface area contributed by atoms with E-state index < -0.39 is 23.3 Å². The topological polar surface area (TPSA) is 0 Å². The Labute approximate surface area is 129 Å². The van der Waals surface area contributed by atoms with Gasteiger partial charge in [0.2, 0.25) is 0 Å². The molecule has 0 amide bonds. The number of fused-ring (bicyclic) bond motifs is 4. The predicted octanol–water partition coefficient (Wildman–Crippen LogP) is 5.03. The molecule has 0 N–H and O–H groups in total. The number of alkyl halides is 2. The van der Waals surface area contributed by atoms with Crippen LogP contribution >= 0.6 is 45.2 Å². The molecule has 0 aliphatic heterocycles. The molecule has 18 heavy (non-hydrogen) atoms. The van der Waals surface area contributed by atoms with Gasteiger partial charge < -0.3 is 0 Å². The normalized spacial score (nSPS) is 33.7. The van der Waals surface area contributed by atoms with Crippen LogP contribution in [0.5, 0.6) is 0 Å². The highest BCUT2D eigenvalue weighted by atomic mass is 127. The third kappa shape index (κ3) is 1.66. The van der Waals surface area contributed by atoms with Crippen LogP contribution in [0.15, 0.2) is 0 Å². The van der Waals surface area contributed by atoms with Crippen molar-refractivity contribution in [1.29, 1.82) is 0 Å². The first-order valence-electron chi connectivity index (χ1n) is 5.57. The fourth-order valence-corrected chi connectivity index (χ4v) is 5.60. The van der Waals surface area contributed by atoms with Crippen LogP contribution < -0.4 is 0 Å². The van der Waals surface area contributed by atoms with Gasteiger partial charge in [0, 0.05) is 19.0 Å². The van der Waals surface area contributed by atoms with Gasteiger partial charge in [-0.1, -0.05) is 45.2 Å². The molecule has 1 saturated carbocycles. The molecule has 0 radical (unpaired) electrons. The molecule has 1 fully saturated rings. The van der Waals surface area contributed by atoms with Crippen LogP contribution in [-0.2, 0) is 0 Å². The summed E-state index contributed by atoms with van der Waals surface area (Å²) in [4.78, 5) is 0. The van der Waals surface area contributed by atoms with Crippen molar-refractivity contribution in [3.05, 3.63) is 34.4 Å². The average molecular weight is 482 g/mol. The van der Waals surface area contributed by atoms with Crippen LogP contribution in [0.25, 0.3) is 0 Å². The molecule has 0 heterocycles. The summed E-state index contributed by atoms with van der Waals surface area (Å²) in [6.07, 6.45) is 1.57. The summed E-state index contributed by atoms with van der Waals surface area (Å²) in [5, 5.41) is 0. The standard InChI is InChI=1S/C12H8F4I2/c13-8-6-4-1-3(2-5(4)17)12(18)7(6)9(14)11(16)10(8)15/h3-5,12H,1-2H2/t3-,4+,5+,12-/m0/s1. The highest BCUT2D eigenvalue weighted by Gasteiger charge is 2.47. The first kappa shape index (κ1) is 13.4. The summed E-state index contributed by atoms with van der Waals surface area (Å²) in [5.41, 5.74) is 0.117. The maximum atomic E-state index is 13.9. The molecule has 0 aromatic heterocycles. The van der Waals surface area contributed by atoms with Crippen molar-refractivity contribution in [1.82, 2.24) is 0 Å². The second-order valence-corrected chi connectivity index (χ2v) is 7.78. The van der Waals surface area contributed by atoms with Crippen LogP contribution in [-0.4, -0.2) is 3.92 Å². The lowest BCUT2D eigenvalue weighted by atomic mass is 9.82. The van der Waals surface area contributed by atoms with E-state index in [1.54, 1.807) is 0 Å². The van der Waals surface area contributed by atoms with E-state index in [0.717, 1.165) is 12.8 Å². The molecule has 4 atom stereocenters. The third-order valence-electron chi connectivity index (χ3n) is 3.92. The maximum absolute atomic E-state index is 13.9. The molecule has 2 aliphatic rings. The molecule has 1 aromatic rings. The van der Waals surface area contributed by atoms with E-state index in [1.807, 2.05) is 22.6 Å². The molecule has 0 unspecified atom stereocenters. The summed E-state index contributed by atoms with van der Waals surface area (Å²) in [6.45, 7) is 0. The zero-order valence-electron chi connectivity index (χ0n) is 8.99. The minimum atomic E-state index is -1.68. The Kier molecular flexibility index (Phi) is 3.32. The van der Waals surface area contributed by atoms with Crippen molar-refractivity contribution in [3.8, 4) is 0 Å². The van der Waals surface area contributed by atoms with Crippen LogP contribution in [0.4, 0.5) is 17.6 Å². The van der Waals surface area contributed by atoms with E-state index in [4.69, 9.17) is 0 Å². The smallest absolute Gasteiger partial charge is 0.197 e. The molecule has 6 heteroatoms. The quantitative estimate of drug-likeness (QED) is 0.160. The second-order valence-electron chi connectivity index (χ2n) is 4.84. The number of halogens is 6. The Hall–Kier alpha value is 0.400. The molecule has 98 valence electrons. The van der Waals surface area contributed by atoms with Gasteiger partial charge in [-0.3, -0.25) is 0 Å². The lowest BCUT2D eigenvalue weighted by Gasteiger charge is -2.29. The molecule has 0 nitrogen and oxygen atoms in total. The highest BCUT2D eigenvalue weighted by Crippen LogP contribution is 2.58. The van der Waals surface area contributed by atoms with Crippen LogP contribution in [0.3, 0.4) is 0 Å². The second kappa shape index (κ2) is 4.46. The van der Waals surface area contributed by atoms with Gasteiger partial charge in [0.05, 0.1) is 0 Å². The van der Waals surface area contributed by atoms with Crippen molar-refractivity contribution in [3.63, 3.8) is 0 Å². The lowest BCUT2D eigenvalue weighted by Crippen LogP contribution is -2.20. The molecular weight excluding hydrogens is 474 g/mol. The van der Waals surface area contributed by atoms with Crippen LogP contribution in [0, 0.1) is 29.2 Å². The number of hydrogen-bond acceptors (Lipinski definition) is 0. The van der Waals surface area contributed by atoms with Gasteiger partial charge in [0.1, 0.15) is 0 Å². The monoisotopic (exact) mass is 482 g/mol. The summed E-state index contributed by atoms with van der Waals surface area (Å²) >= 11 is 4.21. The fraction of sp³-hybridized carbons (Fsp3) is 0.500. The summed E-state index contributed by atoms with van der Waals surface area (Å²) < 4.78 is 54.4. The Balaban J connectivity index is 2.33. The Morgan fingerprint density at radius 1 is 0.778 bits per heavy atom. The van der Waals surface area contributed by atoms with E-state index in [1.165, 1.54) is 0 Å². The van der Waals surface area contributed by atoms with Gasteiger partial charge in [-0.15, -0.1) is 0 Å². The molecule has 0 saturated heterocycles. The zero-order chi connectivity index (χ0) is 13.2. The third-order valence-corrected chi connectivity index (χ3v) is 6.94. The van der Waals surface area contributed by atoms with E-state index in [2.05, 4.69) is 22.6 Å². The van der Waals surface area contributed by atoms with E-state index in [-0.39, 0.29) is 30.8 Å². The molecule has 2 aliphatic carbocycles. The van der Waals surface area contributed by atoms with Crippen molar-refractivity contribution < 1.29 is 17.6 Å². The average Bonchev–Trinajstić information content (AvgIpc) is 2.67. The SMILES string of the molecule is Fc1c(F)c(F)c2c(c1F)[C@@H](I)[C@@H]1C[C@@H](I)[C@H]2C1. The minimum Gasteiger partial charge on any atom is -0.203 e. The van der Waals surface area contributed by atoms with Crippen molar-refractivity contribution in [2.45, 2.75) is 26.6 Å². The van der Waals surface area contributed by atoms with Gasteiger partial charge in [0.25, 0.3) is 0 Å². The number of benzene rings is 1. The van der Waals surface area contributed by atoms with E-state index in [9.17, 15) is 17.6 Å². The van der Waals surface area contributed by atoms with E-state index in [0.29, 0.717) is 0 Å². The van der Waals surface area contributed by atoms with Gasteiger partial charge in [0.15, 0.2) is 23.3 Å². The first-order valence-corrected chi connectivity index (χ1v) is 8.06. The van der Waals surface area contributed by atoms with Crippen molar-refractivity contribution in [2.24, 2.45) is 5.92 Å².